The molecule has 0 radical (unpaired) electrons. The van der Waals surface area contributed by atoms with Gasteiger partial charge in [-0.1, -0.05) is 6.42 Å². The zero-order chi connectivity index (χ0) is 19.9. The van der Waals surface area contributed by atoms with E-state index in [4.69, 9.17) is 4.74 Å². The van der Waals surface area contributed by atoms with E-state index in [-0.39, 0.29) is 5.91 Å². The third kappa shape index (κ3) is 5.52. The molecule has 1 aromatic heterocycles. The van der Waals surface area contributed by atoms with Crippen LogP contribution in [0.1, 0.15) is 36.0 Å². The quantitative estimate of drug-likeness (QED) is 0.644. The van der Waals surface area contributed by atoms with Crippen molar-refractivity contribution in [2.45, 2.75) is 25.7 Å². The third-order valence-electron chi connectivity index (χ3n) is 5.87. The van der Waals surface area contributed by atoms with Gasteiger partial charge in [-0.25, -0.2) is 0 Å². The molecular formula is C23H31N3O2S. The number of nitrogens with zero attached hydrogens (tertiary/aromatic N) is 3. The minimum absolute atomic E-state index is 0.152. The Hall–Kier alpha value is -2.05. The van der Waals surface area contributed by atoms with E-state index < -0.39 is 0 Å². The van der Waals surface area contributed by atoms with Crippen molar-refractivity contribution in [3.8, 4) is 5.75 Å². The van der Waals surface area contributed by atoms with Crippen LogP contribution in [0, 0.1) is 0 Å². The Balaban J connectivity index is 1.19. The van der Waals surface area contributed by atoms with Gasteiger partial charge in [-0.05, 0) is 68.1 Å². The average molecular weight is 414 g/mol. The molecular weight excluding hydrogens is 382 g/mol. The summed E-state index contributed by atoms with van der Waals surface area (Å²) in [6.45, 7) is 7.69. The van der Waals surface area contributed by atoms with Crippen molar-refractivity contribution < 1.29 is 9.53 Å². The number of thiophene rings is 1. The molecule has 0 bridgehead atoms. The van der Waals surface area contributed by atoms with E-state index in [1.807, 2.05) is 21.7 Å². The molecule has 29 heavy (non-hydrogen) atoms. The standard InChI is InChI=1S/C23H31N3O2S/c27-23(20-9-18-29-19-20)26-15-13-25(14-16-26)21-5-7-22(8-6-21)28-17-4-12-24-10-2-1-3-11-24/h5-9,18-19H,1-4,10-17H2. The molecule has 3 heterocycles. The lowest BCUT2D eigenvalue weighted by atomic mass is 10.1. The number of carbonyl (C=O) groups is 1. The molecule has 6 heteroatoms. The second-order valence-electron chi connectivity index (χ2n) is 7.89. The first kappa shape index (κ1) is 20.2. The number of ether oxygens (including phenoxy) is 1. The maximum Gasteiger partial charge on any atom is 0.254 e. The molecule has 2 fully saturated rings. The van der Waals surface area contributed by atoms with Crippen LogP contribution < -0.4 is 9.64 Å². The second kappa shape index (κ2) is 10.1. The molecule has 2 aliphatic heterocycles. The number of likely N-dealkylation sites (tertiary alicyclic amines) is 1. The van der Waals surface area contributed by atoms with Gasteiger partial charge in [0.2, 0.25) is 0 Å². The van der Waals surface area contributed by atoms with Crippen molar-refractivity contribution in [2.24, 2.45) is 0 Å². The Morgan fingerprint density at radius 2 is 1.69 bits per heavy atom. The van der Waals surface area contributed by atoms with Gasteiger partial charge in [0.15, 0.2) is 0 Å². The molecule has 0 spiro atoms. The number of hydrogen-bond acceptors (Lipinski definition) is 5. The summed E-state index contributed by atoms with van der Waals surface area (Å²) >= 11 is 1.57. The maximum absolute atomic E-state index is 12.5. The minimum Gasteiger partial charge on any atom is -0.494 e. The molecule has 2 aliphatic rings. The number of carbonyl (C=O) groups excluding carboxylic acids is 1. The van der Waals surface area contributed by atoms with Gasteiger partial charge in [0.1, 0.15) is 5.75 Å². The van der Waals surface area contributed by atoms with Crippen molar-refractivity contribution in [1.82, 2.24) is 9.80 Å². The Labute approximate surface area is 177 Å². The van der Waals surface area contributed by atoms with Gasteiger partial charge in [-0.2, -0.15) is 11.3 Å². The summed E-state index contributed by atoms with van der Waals surface area (Å²) < 4.78 is 5.93. The highest BCUT2D eigenvalue weighted by Gasteiger charge is 2.22. The first-order chi connectivity index (χ1) is 14.3. The smallest absolute Gasteiger partial charge is 0.254 e. The van der Waals surface area contributed by atoms with Crippen LogP contribution in [-0.4, -0.2) is 68.1 Å². The summed E-state index contributed by atoms with van der Waals surface area (Å²) in [4.78, 5) is 19.3. The summed E-state index contributed by atoms with van der Waals surface area (Å²) in [6.07, 6.45) is 5.17. The van der Waals surface area contributed by atoms with Gasteiger partial charge in [-0.3, -0.25) is 4.79 Å². The zero-order valence-electron chi connectivity index (χ0n) is 17.1. The summed E-state index contributed by atoms with van der Waals surface area (Å²) in [5, 5.41) is 3.89. The average Bonchev–Trinajstić information content (AvgIpc) is 3.33. The number of amides is 1. The fourth-order valence-corrected chi connectivity index (χ4v) is 4.78. The number of anilines is 1. The number of piperidine rings is 1. The third-order valence-corrected chi connectivity index (χ3v) is 6.56. The van der Waals surface area contributed by atoms with Crippen LogP contribution in [0.2, 0.25) is 0 Å². The van der Waals surface area contributed by atoms with Gasteiger partial charge in [0.25, 0.3) is 5.91 Å². The van der Waals surface area contributed by atoms with Crippen LogP contribution in [0.15, 0.2) is 41.1 Å². The van der Waals surface area contributed by atoms with E-state index in [1.165, 1.54) is 38.0 Å². The van der Waals surface area contributed by atoms with E-state index >= 15 is 0 Å². The fraction of sp³-hybridized carbons (Fsp3) is 0.522. The van der Waals surface area contributed by atoms with Crippen molar-refractivity contribution in [2.75, 3.05) is 57.3 Å². The van der Waals surface area contributed by atoms with Crippen molar-refractivity contribution in [3.63, 3.8) is 0 Å². The molecule has 2 saturated heterocycles. The Bertz CT molecular complexity index is 749. The predicted octanol–water partition coefficient (Wildman–Crippen LogP) is 3.97. The molecule has 1 amide bonds. The van der Waals surface area contributed by atoms with Crippen LogP contribution in [0.4, 0.5) is 5.69 Å². The molecule has 0 unspecified atom stereocenters. The highest BCUT2D eigenvalue weighted by atomic mass is 32.1. The van der Waals surface area contributed by atoms with E-state index in [0.717, 1.165) is 57.1 Å². The largest absolute Gasteiger partial charge is 0.494 e. The number of piperazine rings is 1. The zero-order valence-corrected chi connectivity index (χ0v) is 17.9. The minimum atomic E-state index is 0.152. The fourth-order valence-electron chi connectivity index (χ4n) is 4.15. The number of rotatable bonds is 7. The monoisotopic (exact) mass is 413 g/mol. The number of benzene rings is 1. The van der Waals surface area contributed by atoms with Crippen LogP contribution in [0.3, 0.4) is 0 Å². The van der Waals surface area contributed by atoms with Crippen molar-refractivity contribution in [3.05, 3.63) is 46.7 Å². The van der Waals surface area contributed by atoms with Crippen LogP contribution >= 0.6 is 11.3 Å². The summed E-state index contributed by atoms with van der Waals surface area (Å²) in [5.74, 6) is 1.10. The van der Waals surface area contributed by atoms with Crippen LogP contribution in [0.25, 0.3) is 0 Å². The molecule has 0 N–H and O–H groups in total. The molecule has 1 aromatic carbocycles. The number of hydrogen-bond donors (Lipinski definition) is 0. The van der Waals surface area contributed by atoms with Gasteiger partial charge in [-0.15, -0.1) is 0 Å². The molecule has 0 atom stereocenters. The van der Waals surface area contributed by atoms with E-state index in [0.29, 0.717) is 0 Å². The van der Waals surface area contributed by atoms with Crippen molar-refractivity contribution >= 4 is 22.9 Å². The van der Waals surface area contributed by atoms with Gasteiger partial charge in [0.05, 0.1) is 12.2 Å². The van der Waals surface area contributed by atoms with Gasteiger partial charge >= 0.3 is 0 Å². The molecule has 2 aromatic rings. The topological polar surface area (TPSA) is 36.0 Å². The first-order valence-corrected chi connectivity index (χ1v) is 11.8. The molecule has 0 saturated carbocycles. The van der Waals surface area contributed by atoms with E-state index in [1.54, 1.807) is 11.3 Å². The van der Waals surface area contributed by atoms with Crippen molar-refractivity contribution in [1.29, 1.82) is 0 Å². The van der Waals surface area contributed by atoms with E-state index in [2.05, 4.69) is 34.1 Å². The lowest BCUT2D eigenvalue weighted by molar-refractivity contribution is 0.0747. The molecule has 0 aliphatic carbocycles. The highest BCUT2D eigenvalue weighted by molar-refractivity contribution is 7.08. The SMILES string of the molecule is O=C(c1ccsc1)N1CCN(c2ccc(OCCCN3CCCCC3)cc2)CC1. The first-order valence-electron chi connectivity index (χ1n) is 10.8. The predicted molar refractivity (Wildman–Crippen MR) is 119 cm³/mol. The van der Waals surface area contributed by atoms with Crippen LogP contribution in [0.5, 0.6) is 5.75 Å². The highest BCUT2D eigenvalue weighted by Crippen LogP contribution is 2.22. The summed E-state index contributed by atoms with van der Waals surface area (Å²) in [7, 11) is 0. The Morgan fingerprint density at radius 1 is 0.931 bits per heavy atom. The van der Waals surface area contributed by atoms with E-state index in [9.17, 15) is 4.79 Å². The Kier molecular flexibility index (Phi) is 7.06. The molecule has 156 valence electrons. The molecule has 5 nitrogen and oxygen atoms in total. The summed E-state index contributed by atoms with van der Waals surface area (Å²) in [6, 6.07) is 10.3. The van der Waals surface area contributed by atoms with Crippen LogP contribution in [-0.2, 0) is 0 Å². The lowest BCUT2D eigenvalue weighted by Crippen LogP contribution is -2.48. The summed E-state index contributed by atoms with van der Waals surface area (Å²) in [5.41, 5.74) is 2.01. The normalized spacial score (nSPS) is 18.1. The Morgan fingerprint density at radius 3 is 2.38 bits per heavy atom. The van der Waals surface area contributed by atoms with Gasteiger partial charge < -0.3 is 19.4 Å². The second-order valence-corrected chi connectivity index (χ2v) is 8.67. The lowest BCUT2D eigenvalue weighted by Gasteiger charge is -2.36. The molecule has 4 rings (SSSR count). The van der Waals surface area contributed by atoms with Gasteiger partial charge in [0, 0.05) is 43.8 Å². The maximum atomic E-state index is 12.5.